The van der Waals surface area contributed by atoms with Crippen LogP contribution in [0, 0.1) is 0 Å². The van der Waals surface area contributed by atoms with Crippen LogP contribution >= 0.6 is 39.1 Å². The number of anilines is 1. The third-order valence-corrected chi connectivity index (χ3v) is 4.19. The van der Waals surface area contributed by atoms with Gasteiger partial charge in [0.15, 0.2) is 0 Å². The van der Waals surface area contributed by atoms with Gasteiger partial charge in [-0.1, -0.05) is 57.3 Å². The van der Waals surface area contributed by atoms with Crippen LogP contribution in [-0.4, -0.2) is 4.98 Å². The summed E-state index contributed by atoms with van der Waals surface area (Å²) in [7, 11) is 0. The van der Waals surface area contributed by atoms with Gasteiger partial charge in [0.05, 0.1) is 15.7 Å². The quantitative estimate of drug-likeness (QED) is 0.595. The monoisotopic (exact) mass is 368 g/mol. The van der Waals surface area contributed by atoms with E-state index in [0.717, 1.165) is 15.7 Å². The minimum atomic E-state index is 0.601. The van der Waals surface area contributed by atoms with E-state index in [1.165, 1.54) is 10.9 Å². The van der Waals surface area contributed by atoms with E-state index in [4.69, 9.17) is 23.2 Å². The second-order valence-corrected chi connectivity index (χ2v) is 6.19. The molecule has 5 heteroatoms. The molecule has 0 saturated carbocycles. The van der Waals surface area contributed by atoms with Crippen LogP contribution in [0.25, 0.3) is 10.9 Å². The lowest BCUT2D eigenvalue weighted by atomic mass is 10.2. The molecule has 0 fully saturated rings. The molecule has 0 bridgehead atoms. The van der Waals surface area contributed by atoms with E-state index in [1.807, 2.05) is 30.5 Å². The van der Waals surface area contributed by atoms with Crippen molar-refractivity contribution in [2.75, 3.05) is 5.32 Å². The number of rotatable bonds is 3. The van der Waals surface area contributed by atoms with Crippen molar-refractivity contribution in [3.63, 3.8) is 0 Å². The van der Waals surface area contributed by atoms with E-state index in [-0.39, 0.29) is 0 Å². The third-order valence-electron chi connectivity index (χ3n) is 3.14. The summed E-state index contributed by atoms with van der Waals surface area (Å²) in [5.74, 6) is 0. The fourth-order valence-corrected chi connectivity index (χ4v) is 3.51. The van der Waals surface area contributed by atoms with Crippen molar-refractivity contribution in [3.05, 3.63) is 62.7 Å². The molecule has 0 atom stereocenters. The Kier molecular flexibility index (Phi) is 3.92. The Bertz CT molecular complexity index is 744. The van der Waals surface area contributed by atoms with Crippen LogP contribution in [0.4, 0.5) is 5.69 Å². The number of halogens is 3. The molecular formula is C15H11BrCl2N2. The van der Waals surface area contributed by atoms with Gasteiger partial charge in [-0.05, 0) is 23.8 Å². The maximum Gasteiger partial charge on any atom is 0.0722 e. The summed E-state index contributed by atoms with van der Waals surface area (Å²) >= 11 is 15.8. The largest absolute Gasteiger partial charge is 0.378 e. The van der Waals surface area contributed by atoms with Crippen molar-refractivity contribution in [1.82, 2.24) is 4.98 Å². The fraction of sp³-hybridized carbons (Fsp3) is 0.0667. The lowest BCUT2D eigenvalue weighted by Gasteiger charge is -2.10. The molecule has 20 heavy (non-hydrogen) atoms. The highest BCUT2D eigenvalue weighted by Crippen LogP contribution is 2.34. The van der Waals surface area contributed by atoms with E-state index in [2.05, 4.69) is 38.4 Å². The predicted octanol–water partition coefficient (Wildman–Crippen LogP) is 5.85. The van der Waals surface area contributed by atoms with Crippen LogP contribution < -0.4 is 5.32 Å². The van der Waals surface area contributed by atoms with E-state index in [0.29, 0.717) is 16.6 Å². The number of nitrogens with one attached hydrogen (secondary N) is 2. The Labute approximate surface area is 135 Å². The van der Waals surface area contributed by atoms with E-state index < -0.39 is 0 Å². The first kappa shape index (κ1) is 13.8. The minimum absolute atomic E-state index is 0.601. The smallest absolute Gasteiger partial charge is 0.0722 e. The number of hydrogen-bond acceptors (Lipinski definition) is 1. The molecule has 2 nitrogen and oxygen atoms in total. The number of aromatic amines is 1. The topological polar surface area (TPSA) is 27.8 Å². The molecule has 2 N–H and O–H groups in total. The van der Waals surface area contributed by atoms with E-state index in [9.17, 15) is 0 Å². The molecule has 1 heterocycles. The average molecular weight is 370 g/mol. The summed E-state index contributed by atoms with van der Waals surface area (Å²) in [4.78, 5) is 3.25. The summed E-state index contributed by atoms with van der Waals surface area (Å²) < 4.78 is 0.866. The maximum absolute atomic E-state index is 6.21. The molecule has 0 unspecified atom stereocenters. The zero-order valence-corrected chi connectivity index (χ0v) is 13.5. The van der Waals surface area contributed by atoms with Gasteiger partial charge < -0.3 is 10.3 Å². The fourth-order valence-electron chi connectivity index (χ4n) is 2.17. The van der Waals surface area contributed by atoms with E-state index in [1.54, 1.807) is 0 Å². The zero-order chi connectivity index (χ0) is 14.1. The molecule has 2 aromatic carbocycles. The van der Waals surface area contributed by atoms with Crippen LogP contribution in [0.15, 0.2) is 47.1 Å². The molecule has 3 aromatic rings. The number of para-hydroxylation sites is 1. The SMILES string of the molecule is Clc1cc(Br)cc(Cl)c1NCc1c[nH]c2ccccc12. The normalized spacial score (nSPS) is 10.9. The third kappa shape index (κ3) is 2.66. The van der Waals surface area contributed by atoms with Crippen molar-refractivity contribution < 1.29 is 0 Å². The summed E-state index contributed by atoms with van der Waals surface area (Å²) in [5.41, 5.74) is 3.05. The van der Waals surface area contributed by atoms with Crippen molar-refractivity contribution in [1.29, 1.82) is 0 Å². The Morgan fingerprint density at radius 2 is 1.80 bits per heavy atom. The average Bonchev–Trinajstić information content (AvgIpc) is 2.81. The molecule has 0 amide bonds. The lowest BCUT2D eigenvalue weighted by molar-refractivity contribution is 1.16. The summed E-state index contributed by atoms with van der Waals surface area (Å²) in [5, 5.41) is 5.70. The first-order valence-corrected chi connectivity index (χ1v) is 7.63. The number of H-pyrrole nitrogens is 1. The molecule has 0 radical (unpaired) electrons. The Balaban J connectivity index is 1.87. The molecule has 3 rings (SSSR count). The lowest BCUT2D eigenvalue weighted by Crippen LogP contribution is -2.00. The Morgan fingerprint density at radius 1 is 1.10 bits per heavy atom. The molecule has 0 spiro atoms. The van der Waals surface area contributed by atoms with Gasteiger partial charge in [0.25, 0.3) is 0 Å². The van der Waals surface area contributed by atoms with Crippen LogP contribution in [0.2, 0.25) is 10.0 Å². The van der Waals surface area contributed by atoms with Gasteiger partial charge in [0.1, 0.15) is 0 Å². The van der Waals surface area contributed by atoms with Gasteiger partial charge in [0, 0.05) is 28.1 Å². The Morgan fingerprint density at radius 3 is 2.55 bits per heavy atom. The zero-order valence-electron chi connectivity index (χ0n) is 10.4. The Hall–Kier alpha value is -1.16. The number of benzene rings is 2. The van der Waals surface area contributed by atoms with Gasteiger partial charge in [-0.25, -0.2) is 0 Å². The van der Waals surface area contributed by atoms with E-state index >= 15 is 0 Å². The van der Waals surface area contributed by atoms with Gasteiger partial charge >= 0.3 is 0 Å². The highest BCUT2D eigenvalue weighted by Gasteiger charge is 2.08. The number of fused-ring (bicyclic) bond motifs is 1. The predicted molar refractivity (Wildman–Crippen MR) is 89.8 cm³/mol. The van der Waals surface area contributed by atoms with Crippen LogP contribution in [-0.2, 0) is 6.54 Å². The van der Waals surface area contributed by atoms with Crippen LogP contribution in [0.1, 0.15) is 5.56 Å². The second kappa shape index (κ2) is 5.68. The second-order valence-electron chi connectivity index (χ2n) is 4.46. The van der Waals surface area contributed by atoms with Crippen LogP contribution in [0.3, 0.4) is 0 Å². The first-order chi connectivity index (χ1) is 9.65. The first-order valence-electron chi connectivity index (χ1n) is 6.08. The molecule has 0 aliphatic carbocycles. The standard InChI is InChI=1S/C15H11BrCl2N2/c16-10-5-12(17)15(13(18)6-10)20-8-9-7-19-14-4-2-1-3-11(9)14/h1-7,19-20H,8H2. The molecular weight excluding hydrogens is 359 g/mol. The van der Waals surface area contributed by atoms with Gasteiger partial charge in [0.2, 0.25) is 0 Å². The highest BCUT2D eigenvalue weighted by molar-refractivity contribution is 9.10. The van der Waals surface area contributed by atoms with Gasteiger partial charge in [-0.3, -0.25) is 0 Å². The van der Waals surface area contributed by atoms with Gasteiger partial charge in [-0.2, -0.15) is 0 Å². The molecule has 1 aromatic heterocycles. The molecule has 102 valence electrons. The molecule has 0 saturated heterocycles. The molecule has 0 aliphatic heterocycles. The van der Waals surface area contributed by atoms with Crippen molar-refractivity contribution in [3.8, 4) is 0 Å². The van der Waals surface area contributed by atoms with Crippen molar-refractivity contribution >= 4 is 55.7 Å². The summed E-state index contributed by atoms with van der Waals surface area (Å²) in [6.45, 7) is 0.658. The van der Waals surface area contributed by atoms with Gasteiger partial charge in [-0.15, -0.1) is 0 Å². The minimum Gasteiger partial charge on any atom is -0.378 e. The number of aromatic nitrogens is 1. The van der Waals surface area contributed by atoms with Crippen molar-refractivity contribution in [2.24, 2.45) is 0 Å². The highest BCUT2D eigenvalue weighted by atomic mass is 79.9. The molecule has 0 aliphatic rings. The van der Waals surface area contributed by atoms with Crippen molar-refractivity contribution in [2.45, 2.75) is 6.54 Å². The van der Waals surface area contributed by atoms with Crippen LogP contribution in [0.5, 0.6) is 0 Å². The summed E-state index contributed by atoms with van der Waals surface area (Å²) in [6, 6.07) is 11.8. The summed E-state index contributed by atoms with van der Waals surface area (Å²) in [6.07, 6.45) is 2.00. The number of hydrogen-bond donors (Lipinski definition) is 2. The maximum atomic E-state index is 6.21.